The summed E-state index contributed by atoms with van der Waals surface area (Å²) in [5.74, 6) is -0.0117. The summed E-state index contributed by atoms with van der Waals surface area (Å²) >= 11 is 0. The van der Waals surface area contributed by atoms with E-state index in [0.717, 1.165) is 26.1 Å². The lowest BCUT2D eigenvalue weighted by Crippen LogP contribution is -2.37. The van der Waals surface area contributed by atoms with Crippen LogP contribution < -0.4 is 4.72 Å². The van der Waals surface area contributed by atoms with Gasteiger partial charge in [-0.25, -0.2) is 13.1 Å². The molecule has 0 bridgehead atoms. The second kappa shape index (κ2) is 6.32. The van der Waals surface area contributed by atoms with Crippen molar-refractivity contribution in [1.82, 2.24) is 9.62 Å². The standard InChI is InChI=1S/C14H20N2O2S/c1-2-10-19(17,18)15-14-8-9-16(12-14)11-13-6-4-3-5-7-13/h2-7,14-15H,1,8-12H2. The third kappa shape index (κ3) is 4.45. The van der Waals surface area contributed by atoms with E-state index in [1.807, 2.05) is 18.2 Å². The molecule has 0 amide bonds. The van der Waals surface area contributed by atoms with Crippen LogP contribution in [0.2, 0.25) is 0 Å². The van der Waals surface area contributed by atoms with Gasteiger partial charge in [-0.05, 0) is 12.0 Å². The molecule has 1 atom stereocenters. The van der Waals surface area contributed by atoms with Gasteiger partial charge in [0.25, 0.3) is 0 Å². The van der Waals surface area contributed by atoms with Crippen LogP contribution in [0.5, 0.6) is 0 Å². The lowest BCUT2D eigenvalue weighted by molar-refractivity contribution is 0.324. The summed E-state index contributed by atoms with van der Waals surface area (Å²) in [6.45, 7) is 6.03. The van der Waals surface area contributed by atoms with Crippen LogP contribution in [0, 0.1) is 0 Å². The predicted molar refractivity (Wildman–Crippen MR) is 77.2 cm³/mol. The summed E-state index contributed by atoms with van der Waals surface area (Å²) in [5.41, 5.74) is 1.26. The maximum atomic E-state index is 11.7. The lowest BCUT2D eigenvalue weighted by Gasteiger charge is -2.16. The first-order valence-electron chi connectivity index (χ1n) is 6.46. The minimum absolute atomic E-state index is 0.0117. The molecule has 1 saturated heterocycles. The minimum atomic E-state index is -3.21. The molecule has 1 fully saturated rings. The van der Waals surface area contributed by atoms with Gasteiger partial charge in [0.2, 0.25) is 10.0 Å². The molecule has 4 nitrogen and oxygen atoms in total. The molecule has 19 heavy (non-hydrogen) atoms. The highest BCUT2D eigenvalue weighted by Gasteiger charge is 2.25. The summed E-state index contributed by atoms with van der Waals surface area (Å²) in [6.07, 6.45) is 2.28. The number of hydrogen-bond donors (Lipinski definition) is 1. The molecule has 1 unspecified atom stereocenters. The summed E-state index contributed by atoms with van der Waals surface area (Å²) < 4.78 is 26.0. The van der Waals surface area contributed by atoms with E-state index >= 15 is 0 Å². The first-order valence-corrected chi connectivity index (χ1v) is 8.11. The molecular weight excluding hydrogens is 260 g/mol. The maximum absolute atomic E-state index is 11.7. The van der Waals surface area contributed by atoms with Crippen LogP contribution in [0.4, 0.5) is 0 Å². The first-order chi connectivity index (χ1) is 9.09. The monoisotopic (exact) mass is 280 g/mol. The second-order valence-electron chi connectivity index (χ2n) is 4.89. The third-order valence-corrected chi connectivity index (χ3v) is 4.57. The maximum Gasteiger partial charge on any atom is 0.215 e. The van der Waals surface area contributed by atoms with E-state index in [0.29, 0.717) is 0 Å². The normalized spacial score (nSPS) is 20.5. The minimum Gasteiger partial charge on any atom is -0.297 e. The predicted octanol–water partition coefficient (Wildman–Crippen LogP) is 1.37. The molecule has 5 heteroatoms. The number of benzene rings is 1. The highest BCUT2D eigenvalue weighted by atomic mass is 32.2. The van der Waals surface area contributed by atoms with Gasteiger partial charge < -0.3 is 0 Å². The molecule has 0 aromatic heterocycles. The molecule has 1 aliphatic heterocycles. The average molecular weight is 280 g/mol. The van der Waals surface area contributed by atoms with Crippen LogP contribution in [0.15, 0.2) is 43.0 Å². The number of likely N-dealkylation sites (tertiary alicyclic amines) is 1. The van der Waals surface area contributed by atoms with Crippen molar-refractivity contribution in [3.8, 4) is 0 Å². The van der Waals surface area contributed by atoms with Crippen molar-refractivity contribution < 1.29 is 8.42 Å². The van der Waals surface area contributed by atoms with E-state index < -0.39 is 10.0 Å². The molecule has 1 heterocycles. The Morgan fingerprint density at radius 3 is 2.79 bits per heavy atom. The van der Waals surface area contributed by atoms with Crippen molar-refractivity contribution in [3.05, 3.63) is 48.6 Å². The number of nitrogens with one attached hydrogen (secondary N) is 1. The molecule has 1 aromatic carbocycles. The van der Waals surface area contributed by atoms with Crippen LogP contribution in [-0.2, 0) is 16.6 Å². The van der Waals surface area contributed by atoms with E-state index in [9.17, 15) is 8.42 Å². The third-order valence-electron chi connectivity index (χ3n) is 3.20. The van der Waals surface area contributed by atoms with Gasteiger partial charge >= 0.3 is 0 Å². The first kappa shape index (κ1) is 14.2. The molecule has 104 valence electrons. The van der Waals surface area contributed by atoms with Gasteiger partial charge in [-0.15, -0.1) is 6.58 Å². The highest BCUT2D eigenvalue weighted by Crippen LogP contribution is 2.14. The zero-order valence-electron chi connectivity index (χ0n) is 11.0. The van der Waals surface area contributed by atoms with Crippen LogP contribution in [0.1, 0.15) is 12.0 Å². The average Bonchev–Trinajstić information content (AvgIpc) is 2.76. The number of nitrogens with zero attached hydrogens (tertiary/aromatic N) is 1. The Morgan fingerprint density at radius 1 is 1.37 bits per heavy atom. The van der Waals surface area contributed by atoms with Crippen LogP contribution >= 0.6 is 0 Å². The van der Waals surface area contributed by atoms with Crippen molar-refractivity contribution in [2.45, 2.75) is 19.0 Å². The van der Waals surface area contributed by atoms with E-state index in [1.54, 1.807) is 0 Å². The van der Waals surface area contributed by atoms with Gasteiger partial charge in [0, 0.05) is 25.7 Å². The Hall–Kier alpha value is -1.17. The Balaban J connectivity index is 1.85. The molecule has 0 radical (unpaired) electrons. The smallest absolute Gasteiger partial charge is 0.215 e. The largest absolute Gasteiger partial charge is 0.297 e. The molecule has 2 rings (SSSR count). The summed E-state index contributed by atoms with van der Waals surface area (Å²) in [6, 6.07) is 10.3. The van der Waals surface area contributed by atoms with Gasteiger partial charge in [-0.2, -0.15) is 0 Å². The fourth-order valence-corrected chi connectivity index (χ4v) is 3.48. The van der Waals surface area contributed by atoms with Crippen molar-refractivity contribution in [1.29, 1.82) is 0 Å². The molecule has 1 N–H and O–H groups in total. The lowest BCUT2D eigenvalue weighted by atomic mass is 10.2. The topological polar surface area (TPSA) is 49.4 Å². The van der Waals surface area contributed by atoms with Crippen molar-refractivity contribution in [3.63, 3.8) is 0 Å². The van der Waals surface area contributed by atoms with Gasteiger partial charge in [0.1, 0.15) is 0 Å². The van der Waals surface area contributed by atoms with Gasteiger partial charge in [-0.1, -0.05) is 36.4 Å². The van der Waals surface area contributed by atoms with Crippen LogP contribution in [0.3, 0.4) is 0 Å². The summed E-state index contributed by atoms with van der Waals surface area (Å²) in [5, 5.41) is 0. The van der Waals surface area contributed by atoms with E-state index in [-0.39, 0.29) is 11.8 Å². The Morgan fingerprint density at radius 2 is 2.11 bits per heavy atom. The Labute approximate surface area is 115 Å². The zero-order chi connectivity index (χ0) is 13.7. The van der Waals surface area contributed by atoms with Crippen molar-refractivity contribution in [2.75, 3.05) is 18.8 Å². The molecule has 0 spiro atoms. The highest BCUT2D eigenvalue weighted by molar-refractivity contribution is 7.89. The number of sulfonamides is 1. The second-order valence-corrected chi connectivity index (χ2v) is 6.69. The summed E-state index contributed by atoms with van der Waals surface area (Å²) in [7, 11) is -3.21. The number of rotatable bonds is 6. The number of hydrogen-bond acceptors (Lipinski definition) is 3. The fourth-order valence-electron chi connectivity index (χ4n) is 2.37. The zero-order valence-corrected chi connectivity index (χ0v) is 11.8. The van der Waals surface area contributed by atoms with E-state index in [1.165, 1.54) is 11.6 Å². The van der Waals surface area contributed by atoms with E-state index in [2.05, 4.69) is 28.3 Å². The van der Waals surface area contributed by atoms with Crippen LogP contribution in [-0.4, -0.2) is 38.2 Å². The van der Waals surface area contributed by atoms with Gasteiger partial charge in [0.15, 0.2) is 0 Å². The van der Waals surface area contributed by atoms with Crippen LogP contribution in [0.25, 0.3) is 0 Å². The fraction of sp³-hybridized carbons (Fsp3) is 0.429. The Bertz CT molecular complexity index is 514. The van der Waals surface area contributed by atoms with Crippen molar-refractivity contribution >= 4 is 10.0 Å². The summed E-state index contributed by atoms with van der Waals surface area (Å²) in [4.78, 5) is 2.27. The molecule has 1 aliphatic rings. The quantitative estimate of drug-likeness (QED) is 0.801. The van der Waals surface area contributed by atoms with Crippen molar-refractivity contribution in [2.24, 2.45) is 0 Å². The van der Waals surface area contributed by atoms with E-state index in [4.69, 9.17) is 0 Å². The molecular formula is C14H20N2O2S. The molecule has 0 aliphatic carbocycles. The molecule has 0 saturated carbocycles. The Kier molecular flexibility index (Phi) is 4.74. The molecule has 1 aromatic rings. The van der Waals surface area contributed by atoms with Gasteiger partial charge in [0.05, 0.1) is 5.75 Å². The SMILES string of the molecule is C=CCS(=O)(=O)NC1CCN(Cc2ccccc2)C1. The van der Waals surface area contributed by atoms with Gasteiger partial charge in [-0.3, -0.25) is 4.90 Å².